The number of aryl methyl sites for hydroxylation is 2. The maximum absolute atomic E-state index is 5.78. The van der Waals surface area contributed by atoms with Gasteiger partial charge >= 0.3 is 0 Å². The lowest BCUT2D eigenvalue weighted by molar-refractivity contribution is 0.0769. The van der Waals surface area contributed by atoms with Crippen LogP contribution in [0.3, 0.4) is 0 Å². The van der Waals surface area contributed by atoms with E-state index in [-0.39, 0.29) is 0 Å². The second-order valence-electron chi connectivity index (χ2n) is 6.89. The number of aromatic nitrogens is 4. The molecule has 0 fully saturated rings. The van der Waals surface area contributed by atoms with Gasteiger partial charge in [-0.1, -0.05) is 19.6 Å². The van der Waals surface area contributed by atoms with Crippen LogP contribution < -0.4 is 0 Å². The van der Waals surface area contributed by atoms with Gasteiger partial charge in [-0.3, -0.25) is 4.68 Å². The van der Waals surface area contributed by atoms with Gasteiger partial charge in [-0.15, -0.1) is 0 Å². The lowest BCUT2D eigenvalue weighted by Crippen LogP contribution is -2.22. The maximum atomic E-state index is 5.78. The highest BCUT2D eigenvalue weighted by Crippen LogP contribution is 2.19. The largest absolute Gasteiger partial charge is 0.360 e. The van der Waals surface area contributed by atoms with Gasteiger partial charge in [0.2, 0.25) is 0 Å². The molecule has 0 N–H and O–H groups in total. The highest BCUT2D eigenvalue weighted by molar-refractivity contribution is 9.10. The molecule has 2 rings (SSSR count). The quantitative estimate of drug-likeness (QED) is 0.541. The van der Waals surface area contributed by atoms with Crippen molar-refractivity contribution in [1.29, 1.82) is 0 Å². The van der Waals surface area contributed by atoms with E-state index in [1.165, 1.54) is 6.04 Å². The summed E-state index contributed by atoms with van der Waals surface area (Å²) in [6, 6.07) is 3.30. The van der Waals surface area contributed by atoms with E-state index in [9.17, 15) is 0 Å². The topological polar surface area (TPSA) is 44.9 Å². The Hall–Kier alpha value is -0.923. The Morgan fingerprint density at radius 1 is 1.32 bits per heavy atom. The summed E-state index contributed by atoms with van der Waals surface area (Å²) in [7, 11) is 0.893. The summed E-state index contributed by atoms with van der Waals surface area (Å²) < 4.78 is 10.5. The van der Waals surface area contributed by atoms with Crippen molar-refractivity contribution in [2.45, 2.75) is 45.8 Å². The van der Waals surface area contributed by atoms with E-state index in [0.29, 0.717) is 6.73 Å². The van der Waals surface area contributed by atoms with Gasteiger partial charge < -0.3 is 4.74 Å². The molecule has 0 saturated carbocycles. The van der Waals surface area contributed by atoms with Crippen molar-refractivity contribution in [3.63, 3.8) is 0 Å². The number of hydrogen-bond donors (Lipinski definition) is 0. The predicted molar refractivity (Wildman–Crippen MR) is 94.8 cm³/mol. The molecule has 0 aliphatic heterocycles. The van der Waals surface area contributed by atoms with Crippen molar-refractivity contribution < 1.29 is 4.74 Å². The van der Waals surface area contributed by atoms with Crippen LogP contribution in [0.2, 0.25) is 25.7 Å². The zero-order valence-electron chi connectivity index (χ0n) is 14.1. The van der Waals surface area contributed by atoms with Gasteiger partial charge in [0, 0.05) is 39.4 Å². The van der Waals surface area contributed by atoms with Crippen molar-refractivity contribution in [3.05, 3.63) is 33.8 Å². The van der Waals surface area contributed by atoms with Gasteiger partial charge in [0.25, 0.3) is 0 Å². The number of rotatable bonds is 7. The Kier molecular flexibility index (Phi) is 5.63. The van der Waals surface area contributed by atoms with E-state index in [0.717, 1.165) is 34.6 Å². The van der Waals surface area contributed by atoms with Crippen molar-refractivity contribution in [1.82, 2.24) is 19.6 Å². The molecule has 0 aliphatic rings. The molecule has 0 unspecified atom stereocenters. The van der Waals surface area contributed by atoms with Gasteiger partial charge in [0.1, 0.15) is 11.3 Å². The minimum absolute atomic E-state index is 0.532. The average Bonchev–Trinajstić information content (AvgIpc) is 2.91. The number of halogens is 1. The molecule has 7 heteroatoms. The molecule has 2 heterocycles. The average molecular weight is 385 g/mol. The molecule has 0 aliphatic carbocycles. The molecule has 22 heavy (non-hydrogen) atoms. The summed E-state index contributed by atoms with van der Waals surface area (Å²) in [6.07, 6.45) is 2.65. The van der Waals surface area contributed by atoms with E-state index < -0.39 is 8.07 Å². The molecule has 0 amide bonds. The molecule has 0 saturated heterocycles. The highest BCUT2D eigenvalue weighted by Gasteiger charge is 2.13. The van der Waals surface area contributed by atoms with Gasteiger partial charge in [-0.25, -0.2) is 4.68 Å². The third kappa shape index (κ3) is 4.79. The van der Waals surface area contributed by atoms with Gasteiger partial charge in [-0.05, 0) is 35.0 Å². The van der Waals surface area contributed by atoms with Gasteiger partial charge in [-0.2, -0.15) is 10.2 Å². The zero-order valence-corrected chi connectivity index (χ0v) is 16.6. The molecule has 0 radical (unpaired) electrons. The van der Waals surface area contributed by atoms with E-state index in [1.807, 2.05) is 22.6 Å². The molecule has 2 aromatic heterocycles. The summed E-state index contributed by atoms with van der Waals surface area (Å²) in [5.41, 5.74) is 3.31. The Morgan fingerprint density at radius 3 is 2.64 bits per heavy atom. The first-order valence-corrected chi connectivity index (χ1v) is 12.0. The molecule has 0 bridgehead atoms. The van der Waals surface area contributed by atoms with E-state index in [4.69, 9.17) is 4.74 Å². The van der Waals surface area contributed by atoms with Crippen LogP contribution in [0.15, 0.2) is 16.9 Å². The molecule has 0 atom stereocenters. The first-order chi connectivity index (χ1) is 10.3. The minimum atomic E-state index is -1.03. The molecule has 122 valence electrons. The Balaban J connectivity index is 1.92. The highest BCUT2D eigenvalue weighted by atomic mass is 79.9. The van der Waals surface area contributed by atoms with Crippen LogP contribution in [-0.4, -0.2) is 34.2 Å². The summed E-state index contributed by atoms with van der Waals surface area (Å²) in [4.78, 5) is 0. The molecule has 2 aromatic rings. The summed E-state index contributed by atoms with van der Waals surface area (Å²) in [5, 5.41) is 8.87. The van der Waals surface area contributed by atoms with Crippen LogP contribution in [0.5, 0.6) is 0 Å². The summed E-state index contributed by atoms with van der Waals surface area (Å²) in [6.45, 7) is 10.5. The van der Waals surface area contributed by atoms with Crippen LogP contribution in [0.1, 0.15) is 17.0 Å². The Bertz CT molecular complexity index is 630. The second-order valence-corrected chi connectivity index (χ2v) is 13.3. The van der Waals surface area contributed by atoms with Gasteiger partial charge in [0.15, 0.2) is 0 Å². The van der Waals surface area contributed by atoms with Crippen LogP contribution in [-0.2, 0) is 24.9 Å². The first kappa shape index (κ1) is 17.4. The molecule has 5 nitrogen and oxygen atoms in total. The van der Waals surface area contributed by atoms with E-state index in [2.05, 4.69) is 58.8 Å². The van der Waals surface area contributed by atoms with Gasteiger partial charge in [0.05, 0.1) is 11.9 Å². The third-order valence-electron chi connectivity index (χ3n) is 3.55. The van der Waals surface area contributed by atoms with E-state index in [1.54, 1.807) is 0 Å². The monoisotopic (exact) mass is 384 g/mol. The molecular weight excluding hydrogens is 360 g/mol. The maximum Gasteiger partial charge on any atom is 0.139 e. The number of nitrogens with zero attached hydrogens (tertiary/aromatic N) is 4. The molecule has 0 aromatic carbocycles. The lowest BCUT2D eigenvalue weighted by Gasteiger charge is -2.15. The normalized spacial score (nSPS) is 12.1. The molecular formula is C15H25BrN4OSi. The Morgan fingerprint density at radius 2 is 2.05 bits per heavy atom. The fourth-order valence-electron chi connectivity index (χ4n) is 2.11. The second kappa shape index (κ2) is 7.10. The Labute approximate surface area is 141 Å². The predicted octanol–water partition coefficient (Wildman–Crippen LogP) is 3.59. The standard InChI is InChI=1S/C15H25BrN4OSi/c1-12-8-14(9-13-10-17-19(2)15(13)16)18-20(12)11-21-6-7-22(3,4)5/h8,10H,6-7,9,11H2,1-5H3. The van der Waals surface area contributed by atoms with Crippen molar-refractivity contribution in [2.75, 3.05) is 6.61 Å². The SMILES string of the molecule is Cc1cc(Cc2cnn(C)c2Br)nn1COCC[Si](C)(C)C. The van der Waals surface area contributed by atoms with Crippen molar-refractivity contribution in [2.24, 2.45) is 7.05 Å². The van der Waals surface area contributed by atoms with Crippen LogP contribution in [0.25, 0.3) is 0 Å². The van der Waals surface area contributed by atoms with Crippen molar-refractivity contribution in [3.8, 4) is 0 Å². The van der Waals surface area contributed by atoms with Crippen LogP contribution >= 0.6 is 15.9 Å². The smallest absolute Gasteiger partial charge is 0.139 e. The fraction of sp³-hybridized carbons (Fsp3) is 0.600. The van der Waals surface area contributed by atoms with Crippen molar-refractivity contribution >= 4 is 24.0 Å². The number of ether oxygens (including phenoxy) is 1. The first-order valence-electron chi connectivity index (χ1n) is 7.54. The van der Waals surface area contributed by atoms with E-state index >= 15 is 0 Å². The number of hydrogen-bond acceptors (Lipinski definition) is 3. The minimum Gasteiger partial charge on any atom is -0.360 e. The summed E-state index contributed by atoms with van der Waals surface area (Å²) in [5.74, 6) is 0. The van der Waals surface area contributed by atoms with Crippen LogP contribution in [0.4, 0.5) is 0 Å². The summed E-state index contributed by atoms with van der Waals surface area (Å²) >= 11 is 3.55. The lowest BCUT2D eigenvalue weighted by atomic mass is 10.2. The fourth-order valence-corrected chi connectivity index (χ4v) is 3.20. The molecule has 0 spiro atoms. The third-order valence-corrected chi connectivity index (χ3v) is 6.28. The zero-order chi connectivity index (χ0) is 16.3. The van der Waals surface area contributed by atoms with Crippen LogP contribution in [0, 0.1) is 6.92 Å².